The molecule has 2 heterocycles. The fourth-order valence-corrected chi connectivity index (χ4v) is 3.97. The van der Waals surface area contributed by atoms with Gasteiger partial charge in [0.1, 0.15) is 0 Å². The number of rotatable bonds is 3. The Morgan fingerprint density at radius 2 is 2.05 bits per heavy atom. The average molecular weight is 282 g/mol. The van der Waals surface area contributed by atoms with E-state index in [1.54, 1.807) is 0 Å². The molecule has 2 fully saturated rings. The molecule has 1 aromatic rings. The maximum absolute atomic E-state index is 5.82. The van der Waals surface area contributed by atoms with E-state index in [0.717, 1.165) is 19.5 Å². The summed E-state index contributed by atoms with van der Waals surface area (Å²) in [4.78, 5) is 5.28. The molecule has 0 aliphatic carbocycles. The summed E-state index contributed by atoms with van der Waals surface area (Å²) in [6, 6.07) is 12.3. The van der Waals surface area contributed by atoms with Crippen molar-refractivity contribution in [3.63, 3.8) is 0 Å². The third-order valence-electron chi connectivity index (χ3n) is 5.14. The van der Waals surface area contributed by atoms with Crippen LogP contribution >= 0.6 is 0 Å². The molecule has 0 amide bonds. The zero-order valence-corrected chi connectivity index (χ0v) is 13.0. The molecule has 1 aromatic carbocycles. The van der Waals surface area contributed by atoms with Crippen molar-refractivity contribution >= 4 is 0 Å². The first kappa shape index (κ1) is 14.6. The molecule has 2 aliphatic heterocycles. The summed E-state index contributed by atoms with van der Waals surface area (Å²) in [5, 5.41) is 0. The van der Waals surface area contributed by atoms with Crippen LogP contribution < -0.4 is 0 Å². The van der Waals surface area contributed by atoms with Crippen LogP contribution in [0.15, 0.2) is 30.3 Å². The van der Waals surface area contributed by atoms with Gasteiger partial charge >= 0.3 is 0 Å². The van der Waals surface area contributed by atoms with Crippen LogP contribution in [0.1, 0.15) is 44.2 Å². The van der Waals surface area contributed by atoms with Crippen molar-refractivity contribution in [2.24, 2.45) is 0 Å². The Labute approximate surface area is 129 Å². The van der Waals surface area contributed by atoms with Gasteiger partial charge in [-0.3, -0.25) is 9.80 Å². The summed E-state index contributed by atoms with van der Waals surface area (Å²) in [6.45, 7) is 5.73. The maximum atomic E-state index is 5.82. The molecule has 0 radical (unpaired) electrons. The van der Waals surface area contributed by atoms with E-state index in [1.165, 1.54) is 31.4 Å². The number of terminal acetylenes is 1. The van der Waals surface area contributed by atoms with Gasteiger partial charge in [-0.1, -0.05) is 49.6 Å². The molecule has 3 atom stereocenters. The summed E-state index contributed by atoms with van der Waals surface area (Å²) in [7, 11) is 0. The second kappa shape index (κ2) is 6.64. The van der Waals surface area contributed by atoms with Crippen molar-refractivity contribution in [3.8, 4) is 12.3 Å². The summed E-state index contributed by atoms with van der Waals surface area (Å²) in [5.41, 5.74) is 1.41. The first-order chi connectivity index (χ1) is 10.3. The fraction of sp³-hybridized carbons (Fsp3) is 0.579. The van der Waals surface area contributed by atoms with E-state index in [4.69, 9.17) is 6.42 Å². The first-order valence-corrected chi connectivity index (χ1v) is 8.34. The Bertz CT molecular complexity index is 490. The van der Waals surface area contributed by atoms with Crippen LogP contribution in [0.5, 0.6) is 0 Å². The topological polar surface area (TPSA) is 6.48 Å². The van der Waals surface area contributed by atoms with Crippen molar-refractivity contribution in [1.82, 2.24) is 9.80 Å². The Balaban J connectivity index is 1.87. The van der Waals surface area contributed by atoms with Crippen LogP contribution in [-0.2, 0) is 0 Å². The van der Waals surface area contributed by atoms with Gasteiger partial charge in [-0.05, 0) is 31.4 Å². The van der Waals surface area contributed by atoms with E-state index < -0.39 is 0 Å². The molecule has 2 heteroatoms. The Hall–Kier alpha value is -1.30. The minimum absolute atomic E-state index is 0.263. The number of hydrogen-bond acceptors (Lipinski definition) is 2. The van der Waals surface area contributed by atoms with Crippen molar-refractivity contribution in [3.05, 3.63) is 35.9 Å². The molecule has 112 valence electrons. The highest BCUT2D eigenvalue weighted by molar-refractivity contribution is 5.22. The molecule has 0 aromatic heterocycles. The van der Waals surface area contributed by atoms with Crippen LogP contribution in [0.3, 0.4) is 0 Å². The molecule has 0 spiro atoms. The predicted octanol–water partition coefficient (Wildman–Crippen LogP) is 3.31. The molecular weight excluding hydrogens is 256 g/mol. The summed E-state index contributed by atoms with van der Waals surface area (Å²) in [5.74, 6) is 3.02. The second-order valence-corrected chi connectivity index (χ2v) is 6.36. The van der Waals surface area contributed by atoms with Gasteiger partial charge in [-0.25, -0.2) is 0 Å². The zero-order chi connectivity index (χ0) is 14.7. The lowest BCUT2D eigenvalue weighted by molar-refractivity contribution is -0.00460. The van der Waals surface area contributed by atoms with Gasteiger partial charge in [0.05, 0.1) is 6.04 Å². The third kappa shape index (κ3) is 3.00. The number of nitrogens with zero attached hydrogens (tertiary/aromatic N) is 2. The van der Waals surface area contributed by atoms with Crippen LogP contribution in [-0.4, -0.2) is 41.5 Å². The van der Waals surface area contributed by atoms with E-state index in [0.29, 0.717) is 12.1 Å². The van der Waals surface area contributed by atoms with Crippen molar-refractivity contribution in [1.29, 1.82) is 0 Å². The third-order valence-corrected chi connectivity index (χ3v) is 5.14. The Morgan fingerprint density at radius 3 is 2.76 bits per heavy atom. The van der Waals surface area contributed by atoms with Gasteiger partial charge in [-0.15, -0.1) is 6.42 Å². The highest BCUT2D eigenvalue weighted by atomic mass is 15.3. The monoisotopic (exact) mass is 282 g/mol. The van der Waals surface area contributed by atoms with Crippen LogP contribution in [0.25, 0.3) is 0 Å². The number of piperidine rings is 1. The molecule has 0 N–H and O–H groups in total. The normalized spacial score (nSPS) is 28.6. The lowest BCUT2D eigenvalue weighted by atomic mass is 9.92. The van der Waals surface area contributed by atoms with Crippen LogP contribution in [0.4, 0.5) is 0 Å². The van der Waals surface area contributed by atoms with E-state index in [1.807, 2.05) is 0 Å². The molecule has 2 nitrogen and oxygen atoms in total. The maximum Gasteiger partial charge on any atom is 0.0715 e. The zero-order valence-electron chi connectivity index (χ0n) is 13.0. The Morgan fingerprint density at radius 1 is 1.24 bits per heavy atom. The standard InChI is InChI=1S/C19H26N2/c1-3-17(4-2)21-14-18-12-8-9-13-20(18)15-19(21)16-10-6-5-7-11-16/h1,5-7,10-11,17-19H,4,8-9,12-15H2,2H3. The van der Waals surface area contributed by atoms with Gasteiger partial charge in [0.25, 0.3) is 0 Å². The summed E-state index contributed by atoms with van der Waals surface area (Å²) in [6.07, 6.45) is 10.9. The predicted molar refractivity (Wildman–Crippen MR) is 88.0 cm³/mol. The molecule has 2 aliphatic rings. The first-order valence-electron chi connectivity index (χ1n) is 8.34. The summed E-state index contributed by atoms with van der Waals surface area (Å²) >= 11 is 0. The number of hydrogen-bond donors (Lipinski definition) is 0. The van der Waals surface area contributed by atoms with Crippen molar-refractivity contribution in [2.75, 3.05) is 19.6 Å². The second-order valence-electron chi connectivity index (χ2n) is 6.36. The minimum atomic E-state index is 0.263. The van der Waals surface area contributed by atoms with E-state index in [2.05, 4.69) is 53.0 Å². The fourth-order valence-electron chi connectivity index (χ4n) is 3.97. The quantitative estimate of drug-likeness (QED) is 0.785. The number of benzene rings is 1. The lowest BCUT2D eigenvalue weighted by Gasteiger charge is -2.50. The molecule has 0 bridgehead atoms. The van der Waals surface area contributed by atoms with E-state index in [-0.39, 0.29) is 6.04 Å². The molecule has 0 saturated carbocycles. The average Bonchev–Trinajstić information content (AvgIpc) is 2.56. The van der Waals surface area contributed by atoms with Gasteiger partial charge < -0.3 is 0 Å². The highest BCUT2D eigenvalue weighted by Gasteiger charge is 2.37. The van der Waals surface area contributed by atoms with Gasteiger partial charge in [0, 0.05) is 25.2 Å². The number of piperazine rings is 1. The molecule has 2 saturated heterocycles. The SMILES string of the molecule is C#CC(CC)N1CC2CCCCN2CC1c1ccccc1. The lowest BCUT2D eigenvalue weighted by Crippen LogP contribution is -2.58. The molecular formula is C19H26N2. The Kier molecular flexibility index (Phi) is 4.63. The van der Waals surface area contributed by atoms with Gasteiger partial charge in [-0.2, -0.15) is 0 Å². The largest absolute Gasteiger partial charge is 0.297 e. The van der Waals surface area contributed by atoms with Crippen LogP contribution in [0, 0.1) is 12.3 Å². The van der Waals surface area contributed by atoms with Gasteiger partial charge in [0.2, 0.25) is 0 Å². The molecule has 21 heavy (non-hydrogen) atoms. The molecule has 3 unspecified atom stereocenters. The number of fused-ring (bicyclic) bond motifs is 1. The summed E-state index contributed by atoms with van der Waals surface area (Å²) < 4.78 is 0. The van der Waals surface area contributed by atoms with E-state index >= 15 is 0 Å². The van der Waals surface area contributed by atoms with Crippen LogP contribution in [0.2, 0.25) is 0 Å². The minimum Gasteiger partial charge on any atom is -0.297 e. The highest BCUT2D eigenvalue weighted by Crippen LogP contribution is 2.33. The molecule has 3 rings (SSSR count). The smallest absolute Gasteiger partial charge is 0.0715 e. The van der Waals surface area contributed by atoms with Crippen molar-refractivity contribution in [2.45, 2.75) is 50.7 Å². The van der Waals surface area contributed by atoms with Gasteiger partial charge in [0.15, 0.2) is 0 Å². The van der Waals surface area contributed by atoms with E-state index in [9.17, 15) is 0 Å². The van der Waals surface area contributed by atoms with Crippen molar-refractivity contribution < 1.29 is 0 Å².